The van der Waals surface area contributed by atoms with E-state index >= 15 is 0 Å². The SMILES string of the molecule is CCOC(C)c1nc(CC(=O)NCC(O)C2CCCC2)cs1. The topological polar surface area (TPSA) is 71.5 Å². The minimum Gasteiger partial charge on any atom is -0.391 e. The van der Waals surface area contributed by atoms with E-state index in [1.54, 1.807) is 0 Å². The molecule has 1 aliphatic carbocycles. The first-order chi connectivity index (χ1) is 10.6. The molecule has 1 fully saturated rings. The van der Waals surface area contributed by atoms with E-state index in [1.165, 1.54) is 24.2 Å². The van der Waals surface area contributed by atoms with Crippen LogP contribution in [-0.4, -0.2) is 35.3 Å². The number of carbonyl (C=O) groups excluding carboxylic acids is 1. The molecule has 1 amide bonds. The summed E-state index contributed by atoms with van der Waals surface area (Å²) in [5.74, 6) is 0.260. The van der Waals surface area contributed by atoms with Crippen molar-refractivity contribution in [2.45, 2.75) is 58.2 Å². The summed E-state index contributed by atoms with van der Waals surface area (Å²) in [6.45, 7) is 4.91. The molecule has 2 atom stereocenters. The van der Waals surface area contributed by atoms with Gasteiger partial charge in [-0.25, -0.2) is 4.98 Å². The van der Waals surface area contributed by atoms with Crippen molar-refractivity contribution in [3.8, 4) is 0 Å². The van der Waals surface area contributed by atoms with Crippen molar-refractivity contribution in [3.63, 3.8) is 0 Å². The predicted octanol–water partition coefficient (Wildman–Crippen LogP) is 2.45. The Morgan fingerprint density at radius 1 is 1.55 bits per heavy atom. The maximum Gasteiger partial charge on any atom is 0.226 e. The van der Waals surface area contributed by atoms with Crippen LogP contribution < -0.4 is 5.32 Å². The van der Waals surface area contributed by atoms with E-state index in [4.69, 9.17) is 4.74 Å². The van der Waals surface area contributed by atoms with Gasteiger partial charge in [-0.05, 0) is 32.6 Å². The smallest absolute Gasteiger partial charge is 0.226 e. The van der Waals surface area contributed by atoms with Gasteiger partial charge in [-0.3, -0.25) is 4.79 Å². The van der Waals surface area contributed by atoms with Gasteiger partial charge >= 0.3 is 0 Å². The van der Waals surface area contributed by atoms with Crippen LogP contribution in [0.3, 0.4) is 0 Å². The lowest BCUT2D eigenvalue weighted by molar-refractivity contribution is -0.121. The standard InChI is InChI=1S/C16H26N2O3S/c1-3-21-11(2)16-18-13(10-22-16)8-15(20)17-9-14(19)12-6-4-5-7-12/h10-12,14,19H,3-9H2,1-2H3,(H,17,20). The van der Waals surface area contributed by atoms with Crippen LogP contribution in [0.15, 0.2) is 5.38 Å². The number of hydrogen-bond acceptors (Lipinski definition) is 5. The lowest BCUT2D eigenvalue weighted by Gasteiger charge is -2.17. The van der Waals surface area contributed by atoms with Crippen molar-refractivity contribution in [1.82, 2.24) is 10.3 Å². The zero-order chi connectivity index (χ0) is 15.9. The number of carbonyl (C=O) groups is 1. The Kier molecular flexibility index (Phi) is 6.79. The van der Waals surface area contributed by atoms with Crippen molar-refractivity contribution in [3.05, 3.63) is 16.1 Å². The molecular weight excluding hydrogens is 300 g/mol. The van der Waals surface area contributed by atoms with Crippen LogP contribution in [0.25, 0.3) is 0 Å². The summed E-state index contributed by atoms with van der Waals surface area (Å²) in [5, 5.41) is 15.7. The molecule has 0 bridgehead atoms. The quantitative estimate of drug-likeness (QED) is 0.770. The van der Waals surface area contributed by atoms with E-state index in [1.807, 2.05) is 19.2 Å². The Morgan fingerprint density at radius 3 is 2.95 bits per heavy atom. The van der Waals surface area contributed by atoms with Gasteiger partial charge in [0.25, 0.3) is 0 Å². The largest absolute Gasteiger partial charge is 0.391 e. The molecule has 1 aromatic rings. The molecule has 0 saturated heterocycles. The summed E-state index contributed by atoms with van der Waals surface area (Å²) in [5.41, 5.74) is 0.763. The van der Waals surface area contributed by atoms with Gasteiger partial charge in [-0.1, -0.05) is 12.8 Å². The van der Waals surface area contributed by atoms with E-state index in [0.29, 0.717) is 19.1 Å². The third kappa shape index (κ3) is 5.04. The monoisotopic (exact) mass is 326 g/mol. The maximum absolute atomic E-state index is 11.9. The third-order valence-electron chi connectivity index (χ3n) is 4.13. The molecule has 2 unspecified atom stereocenters. The van der Waals surface area contributed by atoms with Crippen molar-refractivity contribution in [2.24, 2.45) is 5.92 Å². The molecule has 5 nitrogen and oxygen atoms in total. The van der Waals surface area contributed by atoms with Gasteiger partial charge in [-0.2, -0.15) is 0 Å². The summed E-state index contributed by atoms with van der Waals surface area (Å²) in [7, 11) is 0. The van der Waals surface area contributed by atoms with Crippen molar-refractivity contribution < 1.29 is 14.6 Å². The second-order valence-electron chi connectivity index (χ2n) is 5.87. The Balaban J connectivity index is 1.74. The molecule has 124 valence electrons. The Hall–Kier alpha value is -0.980. The van der Waals surface area contributed by atoms with Crippen LogP contribution in [0.1, 0.15) is 56.3 Å². The number of aliphatic hydroxyl groups is 1. The molecule has 1 heterocycles. The number of thiazole rings is 1. The minimum absolute atomic E-state index is 0.0315. The predicted molar refractivity (Wildman–Crippen MR) is 86.8 cm³/mol. The van der Waals surface area contributed by atoms with Crippen LogP contribution in [0.4, 0.5) is 0 Å². The fourth-order valence-electron chi connectivity index (χ4n) is 2.87. The van der Waals surface area contributed by atoms with E-state index in [0.717, 1.165) is 23.5 Å². The first-order valence-electron chi connectivity index (χ1n) is 8.10. The zero-order valence-electron chi connectivity index (χ0n) is 13.4. The van der Waals surface area contributed by atoms with Crippen LogP contribution in [-0.2, 0) is 16.0 Å². The molecule has 22 heavy (non-hydrogen) atoms. The summed E-state index contributed by atoms with van der Waals surface area (Å²) < 4.78 is 5.50. The molecule has 1 aromatic heterocycles. The third-order valence-corrected chi connectivity index (χ3v) is 5.18. The number of aromatic nitrogens is 1. The zero-order valence-corrected chi connectivity index (χ0v) is 14.2. The first-order valence-corrected chi connectivity index (χ1v) is 8.98. The highest BCUT2D eigenvalue weighted by molar-refractivity contribution is 7.09. The maximum atomic E-state index is 11.9. The van der Waals surface area contributed by atoms with Gasteiger partial charge in [0.1, 0.15) is 11.1 Å². The first kappa shape index (κ1) is 17.4. The highest BCUT2D eigenvalue weighted by atomic mass is 32.1. The highest BCUT2D eigenvalue weighted by Crippen LogP contribution is 2.27. The fourth-order valence-corrected chi connectivity index (χ4v) is 3.69. The number of hydrogen-bond donors (Lipinski definition) is 2. The van der Waals surface area contributed by atoms with E-state index in [2.05, 4.69) is 10.3 Å². The second-order valence-corrected chi connectivity index (χ2v) is 6.76. The second kappa shape index (κ2) is 8.60. The van der Waals surface area contributed by atoms with Gasteiger partial charge in [0.05, 0.1) is 18.2 Å². The average molecular weight is 326 g/mol. The summed E-state index contributed by atoms with van der Waals surface area (Å²) in [4.78, 5) is 16.4. The summed E-state index contributed by atoms with van der Waals surface area (Å²) in [6, 6.07) is 0. The number of rotatable bonds is 8. The summed E-state index contributed by atoms with van der Waals surface area (Å²) in [6.07, 6.45) is 4.33. The van der Waals surface area contributed by atoms with Gasteiger partial charge < -0.3 is 15.2 Å². The highest BCUT2D eigenvalue weighted by Gasteiger charge is 2.23. The van der Waals surface area contributed by atoms with Gasteiger partial charge in [0, 0.05) is 18.5 Å². The van der Waals surface area contributed by atoms with Gasteiger partial charge in [0.2, 0.25) is 5.91 Å². The molecule has 0 radical (unpaired) electrons. The fraction of sp³-hybridized carbons (Fsp3) is 0.750. The van der Waals surface area contributed by atoms with Crippen LogP contribution in [0.5, 0.6) is 0 Å². The number of nitrogens with zero attached hydrogens (tertiary/aromatic N) is 1. The van der Waals surface area contributed by atoms with Gasteiger partial charge in [-0.15, -0.1) is 11.3 Å². The van der Waals surface area contributed by atoms with Crippen LogP contribution >= 0.6 is 11.3 Å². The molecule has 2 N–H and O–H groups in total. The Bertz CT molecular complexity index is 472. The van der Waals surface area contributed by atoms with Crippen molar-refractivity contribution in [1.29, 1.82) is 0 Å². The lowest BCUT2D eigenvalue weighted by atomic mass is 10.0. The molecule has 0 spiro atoms. The number of amides is 1. The van der Waals surface area contributed by atoms with E-state index in [-0.39, 0.29) is 18.4 Å². The number of aliphatic hydroxyl groups excluding tert-OH is 1. The molecule has 0 aromatic carbocycles. The van der Waals surface area contributed by atoms with Crippen molar-refractivity contribution in [2.75, 3.05) is 13.2 Å². The molecule has 0 aliphatic heterocycles. The van der Waals surface area contributed by atoms with Crippen LogP contribution in [0, 0.1) is 5.92 Å². The molecule has 1 saturated carbocycles. The normalized spacial score (nSPS) is 18.3. The Labute approximate surface area is 136 Å². The van der Waals surface area contributed by atoms with Crippen molar-refractivity contribution >= 4 is 17.2 Å². The molecule has 1 aliphatic rings. The molecule has 2 rings (SSSR count). The lowest BCUT2D eigenvalue weighted by Crippen LogP contribution is -2.36. The van der Waals surface area contributed by atoms with Gasteiger partial charge in [0.15, 0.2) is 0 Å². The molecular formula is C16H26N2O3S. The summed E-state index contributed by atoms with van der Waals surface area (Å²) >= 11 is 1.52. The Morgan fingerprint density at radius 2 is 2.27 bits per heavy atom. The minimum atomic E-state index is -0.421. The van der Waals surface area contributed by atoms with Crippen LogP contribution in [0.2, 0.25) is 0 Å². The molecule has 6 heteroatoms. The number of ether oxygens (including phenoxy) is 1. The number of nitrogens with one attached hydrogen (secondary N) is 1. The van der Waals surface area contributed by atoms with E-state index in [9.17, 15) is 9.90 Å². The van der Waals surface area contributed by atoms with E-state index < -0.39 is 6.10 Å². The average Bonchev–Trinajstić information content (AvgIpc) is 3.16.